The maximum Gasteiger partial charge on any atom is 0.0460 e. The number of piperidine rings is 1. The molecule has 0 aliphatic carbocycles. The number of nitrogens with zero attached hydrogens (tertiary/aromatic N) is 1. The summed E-state index contributed by atoms with van der Waals surface area (Å²) in [6.07, 6.45) is 2.35. The first-order chi connectivity index (χ1) is 6.01. The third-order valence-electron chi connectivity index (χ3n) is 2.66. The van der Waals surface area contributed by atoms with Gasteiger partial charge >= 0.3 is 0 Å². The largest absolute Gasteiger partial charge is 0.396 e. The second-order valence-electron chi connectivity index (χ2n) is 5.46. The van der Waals surface area contributed by atoms with Crippen molar-refractivity contribution < 1.29 is 5.11 Å². The quantitative estimate of drug-likeness (QED) is 0.708. The molecule has 0 atom stereocenters. The van der Waals surface area contributed by atoms with Crippen molar-refractivity contribution >= 4 is 0 Å². The van der Waals surface area contributed by atoms with Crippen LogP contribution in [0.1, 0.15) is 33.6 Å². The van der Waals surface area contributed by atoms with Crippen LogP contribution in [-0.2, 0) is 0 Å². The Morgan fingerprint density at radius 2 is 1.77 bits per heavy atom. The third kappa shape index (κ3) is 4.10. The van der Waals surface area contributed by atoms with E-state index in [2.05, 4.69) is 25.7 Å². The summed E-state index contributed by atoms with van der Waals surface area (Å²) in [5.41, 5.74) is 0.409. The average Bonchev–Trinajstić information content (AvgIpc) is 2.03. The lowest BCUT2D eigenvalue weighted by atomic mass is 9.92. The molecule has 1 aliphatic heterocycles. The molecular weight excluding hydrogens is 162 g/mol. The lowest BCUT2D eigenvalue weighted by Gasteiger charge is -2.35. The lowest BCUT2D eigenvalue weighted by molar-refractivity contribution is 0.106. The van der Waals surface area contributed by atoms with Crippen LogP contribution in [0.4, 0.5) is 0 Å². The van der Waals surface area contributed by atoms with Crippen LogP contribution in [-0.4, -0.2) is 36.2 Å². The maximum absolute atomic E-state index is 8.99. The molecule has 0 aromatic rings. The fourth-order valence-electron chi connectivity index (χ4n) is 2.00. The lowest BCUT2D eigenvalue weighted by Crippen LogP contribution is -2.39. The van der Waals surface area contributed by atoms with Crippen LogP contribution in [0.15, 0.2) is 0 Å². The van der Waals surface area contributed by atoms with Gasteiger partial charge in [-0.05, 0) is 37.3 Å². The van der Waals surface area contributed by atoms with Crippen LogP contribution in [0.2, 0.25) is 0 Å². The van der Waals surface area contributed by atoms with Crippen molar-refractivity contribution in [2.24, 2.45) is 11.3 Å². The predicted octanol–water partition coefficient (Wildman–Crippen LogP) is 1.74. The van der Waals surface area contributed by atoms with E-state index in [4.69, 9.17) is 5.11 Å². The van der Waals surface area contributed by atoms with Crippen molar-refractivity contribution in [1.82, 2.24) is 4.90 Å². The molecular formula is C11H23NO. The summed E-state index contributed by atoms with van der Waals surface area (Å²) in [7, 11) is 0. The highest BCUT2D eigenvalue weighted by atomic mass is 16.3. The Bertz CT molecular complexity index is 143. The van der Waals surface area contributed by atoms with E-state index < -0.39 is 0 Å². The summed E-state index contributed by atoms with van der Waals surface area (Å²) in [4.78, 5) is 2.52. The van der Waals surface area contributed by atoms with Gasteiger partial charge in [0.05, 0.1) is 0 Å². The SMILES string of the molecule is CC(C)(C)CN1CCC(CO)CC1. The van der Waals surface area contributed by atoms with E-state index in [0.717, 1.165) is 0 Å². The highest BCUT2D eigenvalue weighted by Gasteiger charge is 2.22. The molecule has 0 radical (unpaired) electrons. The van der Waals surface area contributed by atoms with Gasteiger partial charge in [0.2, 0.25) is 0 Å². The Labute approximate surface area is 81.9 Å². The molecule has 2 heteroatoms. The number of aliphatic hydroxyl groups is 1. The first-order valence-corrected chi connectivity index (χ1v) is 5.34. The topological polar surface area (TPSA) is 23.5 Å². The van der Waals surface area contributed by atoms with Gasteiger partial charge in [0.25, 0.3) is 0 Å². The molecule has 0 aromatic heterocycles. The van der Waals surface area contributed by atoms with Gasteiger partial charge < -0.3 is 10.0 Å². The van der Waals surface area contributed by atoms with E-state index in [9.17, 15) is 0 Å². The van der Waals surface area contributed by atoms with E-state index in [0.29, 0.717) is 17.9 Å². The van der Waals surface area contributed by atoms with E-state index in [1.807, 2.05) is 0 Å². The zero-order chi connectivity index (χ0) is 9.90. The molecule has 0 aromatic carbocycles. The zero-order valence-corrected chi connectivity index (χ0v) is 9.21. The number of likely N-dealkylation sites (tertiary alicyclic amines) is 1. The van der Waals surface area contributed by atoms with Gasteiger partial charge in [0, 0.05) is 13.2 Å². The summed E-state index contributed by atoms with van der Waals surface area (Å²) >= 11 is 0. The van der Waals surface area contributed by atoms with Gasteiger partial charge in [-0.1, -0.05) is 20.8 Å². The standard InChI is InChI=1S/C11H23NO/c1-11(2,3)9-12-6-4-10(8-13)5-7-12/h10,13H,4-9H2,1-3H3. The molecule has 0 spiro atoms. The third-order valence-corrected chi connectivity index (χ3v) is 2.66. The molecule has 1 N–H and O–H groups in total. The van der Waals surface area contributed by atoms with Crippen molar-refractivity contribution in [2.45, 2.75) is 33.6 Å². The van der Waals surface area contributed by atoms with Crippen molar-refractivity contribution in [2.75, 3.05) is 26.2 Å². The Morgan fingerprint density at radius 1 is 1.23 bits per heavy atom. The van der Waals surface area contributed by atoms with Crippen LogP contribution < -0.4 is 0 Å². The fraction of sp³-hybridized carbons (Fsp3) is 1.00. The molecule has 0 unspecified atom stereocenters. The van der Waals surface area contributed by atoms with E-state index >= 15 is 0 Å². The van der Waals surface area contributed by atoms with Crippen molar-refractivity contribution in [1.29, 1.82) is 0 Å². The Hall–Kier alpha value is -0.0800. The molecule has 78 valence electrons. The van der Waals surface area contributed by atoms with Gasteiger partial charge in [-0.25, -0.2) is 0 Å². The van der Waals surface area contributed by atoms with Gasteiger partial charge in [0.1, 0.15) is 0 Å². The van der Waals surface area contributed by atoms with Gasteiger partial charge in [-0.2, -0.15) is 0 Å². The van der Waals surface area contributed by atoms with Crippen molar-refractivity contribution in [3.63, 3.8) is 0 Å². The molecule has 0 amide bonds. The number of hydrogen-bond donors (Lipinski definition) is 1. The summed E-state index contributed by atoms with van der Waals surface area (Å²) in [6, 6.07) is 0. The van der Waals surface area contributed by atoms with Gasteiger partial charge in [0.15, 0.2) is 0 Å². The normalized spacial score (nSPS) is 22.2. The van der Waals surface area contributed by atoms with Crippen molar-refractivity contribution in [3.8, 4) is 0 Å². The Kier molecular flexibility index (Phi) is 3.74. The van der Waals surface area contributed by atoms with Crippen molar-refractivity contribution in [3.05, 3.63) is 0 Å². The predicted molar refractivity (Wildman–Crippen MR) is 55.7 cm³/mol. The molecule has 13 heavy (non-hydrogen) atoms. The van der Waals surface area contributed by atoms with Crippen LogP contribution >= 0.6 is 0 Å². The molecule has 1 saturated heterocycles. The van der Waals surface area contributed by atoms with Gasteiger partial charge in [-0.15, -0.1) is 0 Å². The molecule has 1 heterocycles. The zero-order valence-electron chi connectivity index (χ0n) is 9.21. The van der Waals surface area contributed by atoms with E-state index in [1.165, 1.54) is 32.5 Å². The summed E-state index contributed by atoms with van der Waals surface area (Å²) in [6.45, 7) is 10.8. The van der Waals surface area contributed by atoms with E-state index in [-0.39, 0.29) is 0 Å². The molecule has 1 aliphatic rings. The maximum atomic E-state index is 8.99. The fourth-order valence-corrected chi connectivity index (χ4v) is 2.00. The Morgan fingerprint density at radius 3 is 2.15 bits per heavy atom. The molecule has 0 bridgehead atoms. The minimum Gasteiger partial charge on any atom is -0.396 e. The first kappa shape index (κ1) is 11.0. The van der Waals surface area contributed by atoms with E-state index in [1.54, 1.807) is 0 Å². The molecule has 1 fully saturated rings. The minimum absolute atomic E-state index is 0.378. The van der Waals surface area contributed by atoms with Crippen LogP contribution in [0, 0.1) is 11.3 Å². The van der Waals surface area contributed by atoms with Crippen LogP contribution in [0.5, 0.6) is 0 Å². The molecule has 1 rings (SSSR count). The summed E-state index contributed by atoms with van der Waals surface area (Å²) < 4.78 is 0. The first-order valence-electron chi connectivity index (χ1n) is 5.34. The summed E-state index contributed by atoms with van der Waals surface area (Å²) in [5.74, 6) is 0.566. The highest BCUT2D eigenvalue weighted by molar-refractivity contribution is 4.75. The molecule has 0 saturated carbocycles. The smallest absolute Gasteiger partial charge is 0.0460 e. The van der Waals surface area contributed by atoms with Crippen LogP contribution in [0.25, 0.3) is 0 Å². The number of rotatable bonds is 2. The number of aliphatic hydroxyl groups excluding tert-OH is 1. The molecule has 2 nitrogen and oxygen atoms in total. The van der Waals surface area contributed by atoms with Gasteiger partial charge in [-0.3, -0.25) is 0 Å². The average molecular weight is 185 g/mol. The van der Waals surface area contributed by atoms with Crippen LogP contribution in [0.3, 0.4) is 0 Å². The summed E-state index contributed by atoms with van der Waals surface area (Å²) in [5, 5.41) is 8.99. The second-order valence-corrected chi connectivity index (χ2v) is 5.46. The Balaban J connectivity index is 2.25. The highest BCUT2D eigenvalue weighted by Crippen LogP contribution is 2.21. The second kappa shape index (κ2) is 4.43. The monoisotopic (exact) mass is 185 g/mol. The minimum atomic E-state index is 0.378. The number of hydrogen-bond acceptors (Lipinski definition) is 2.